The summed E-state index contributed by atoms with van der Waals surface area (Å²) in [7, 11) is 0.0772. The van der Waals surface area contributed by atoms with Crippen LogP contribution in [0.5, 0.6) is 0 Å². The number of aliphatic hydroxyl groups excluding tert-OH is 8. The molecule has 0 spiro atoms. The average Bonchev–Trinajstić information content (AvgIpc) is 1.60. The Morgan fingerprint density at radius 2 is 0.696 bits per heavy atom. The Hall–Kier alpha value is -4.54. The van der Waals surface area contributed by atoms with Crippen LogP contribution in [0.15, 0.2) is 50.6 Å². The van der Waals surface area contributed by atoms with E-state index in [9.17, 15) is 40.0 Å². The Morgan fingerprint density at radius 3 is 1.01 bits per heavy atom. The highest BCUT2D eigenvalue weighted by atomic mass is 36.0. The highest BCUT2D eigenvalue weighted by molar-refractivity contribution is 8.26. The fraction of sp³-hybridized carbons (Fsp3) is 0.762. The van der Waals surface area contributed by atoms with Gasteiger partial charge >= 0.3 is 11.4 Å². The molecule has 5 saturated heterocycles. The van der Waals surface area contributed by atoms with Gasteiger partial charge in [0.15, 0.2) is 126 Å². The predicted molar refractivity (Wildman–Crippen MR) is 525 cm³/mol. The van der Waals surface area contributed by atoms with Crippen LogP contribution in [0.4, 0.5) is 17.5 Å². The lowest BCUT2D eigenvalue weighted by atomic mass is 10.1. The SMILES string of the molecule is CC(C)(C)[Si](C)(C)OC1CCCC1N.CC(C)(C)[Si](C)(C)OC1CCCC1Nc1ncnc2c1ncn2[C@@H]1O[C@H](CCl)[C@@H](O)[C@H]1O.CC(C)(C)[Si](C)(C)OC1CCCC1Nc1ncnc2c1ncn2[C@@H]1O[C@H](CCl)[C@H]2OS(=O)O[C@H]21.CC(C)(C)[Si](C)(C)OC1CCCC1Nc1ncnc2c1ncn2[C@@H]1O[C@H](CO)[C@@H](O)[C@H]1O.O=S(Cl)Cl.OC[C@H]1O[C@@H](n2cnc3c(Cl)ncnc32)[C@H](O)[C@@H]1O. The maximum absolute atomic E-state index is 11.8. The number of hydrogen-bond acceptors (Lipinski definition) is 36. The maximum atomic E-state index is 11.8. The number of hydrogen-bond donors (Lipinski definition) is 12. The van der Waals surface area contributed by atoms with Crippen molar-refractivity contribution in [1.29, 1.82) is 0 Å². The van der Waals surface area contributed by atoms with E-state index in [0.29, 0.717) is 73.3 Å². The number of fused-ring (bicyclic) bond motifs is 5. The molecule has 8 aromatic rings. The Balaban J connectivity index is 0.000000154. The highest BCUT2D eigenvalue weighted by Gasteiger charge is 2.56. The monoisotopic (exact) mass is 2100 g/mol. The Labute approximate surface area is 820 Å². The largest absolute Gasteiger partial charge is 0.412 e. The van der Waals surface area contributed by atoms with Crippen LogP contribution in [0.1, 0.15) is 185 Å². The minimum Gasteiger partial charge on any atom is -0.412 e. The first-order valence-corrected chi connectivity index (χ1v) is 62.8. The Morgan fingerprint density at radius 1 is 0.415 bits per heavy atom. The van der Waals surface area contributed by atoms with Crippen molar-refractivity contribution in [2.45, 2.75) is 379 Å². The van der Waals surface area contributed by atoms with Crippen LogP contribution in [0.3, 0.4) is 0 Å². The van der Waals surface area contributed by atoms with Crippen LogP contribution < -0.4 is 21.7 Å². The molecule has 51 heteroatoms. The number of anilines is 3. The van der Waals surface area contributed by atoms with Gasteiger partial charge in [-0.1, -0.05) is 94.7 Å². The molecule has 9 fully saturated rings. The van der Waals surface area contributed by atoms with Crippen molar-refractivity contribution in [1.82, 2.24) is 78.1 Å². The van der Waals surface area contributed by atoms with Crippen LogP contribution in [0, 0.1) is 0 Å². The summed E-state index contributed by atoms with van der Waals surface area (Å²) in [5.41, 5.74) is 10.2. The van der Waals surface area contributed by atoms with Gasteiger partial charge in [-0.05, 0) is 150 Å². The molecular formula is C84H137Cl5N20O20S2Si4. The summed E-state index contributed by atoms with van der Waals surface area (Å²) in [5.74, 6) is 2.18. The molecule has 13 N–H and O–H groups in total. The molecule has 13 heterocycles. The minimum atomic E-state index is -1.90. The average molecular weight is 2100 g/mol. The predicted octanol–water partition coefficient (Wildman–Crippen LogP) is 11.5. The summed E-state index contributed by atoms with van der Waals surface area (Å²) in [6, 6.07) is 0.702. The van der Waals surface area contributed by atoms with Gasteiger partial charge in [-0.2, -0.15) is 4.21 Å². The third-order valence-corrected chi connectivity index (χ3v) is 48.3. The first-order valence-electron chi connectivity index (χ1n) is 45.9. The van der Waals surface area contributed by atoms with Gasteiger partial charge in [0.25, 0.3) is 0 Å². The quantitative estimate of drug-likeness (QED) is 0.0130. The van der Waals surface area contributed by atoms with Crippen LogP contribution >= 0.6 is 56.2 Å². The Kier molecular flexibility index (Phi) is 36.2. The number of nitrogens with zero attached hydrogens (tertiary/aromatic N) is 16. The van der Waals surface area contributed by atoms with Gasteiger partial charge < -0.3 is 99.2 Å². The zero-order valence-corrected chi connectivity index (χ0v) is 89.6. The van der Waals surface area contributed by atoms with Gasteiger partial charge in [-0.15, -0.1) is 23.2 Å². The number of nitrogens with one attached hydrogen (secondary N) is 3. The van der Waals surface area contributed by atoms with E-state index in [0.717, 1.165) is 70.6 Å². The van der Waals surface area contributed by atoms with E-state index in [1.807, 2.05) is 0 Å². The van der Waals surface area contributed by atoms with Crippen molar-refractivity contribution in [3.8, 4) is 0 Å². The van der Waals surface area contributed by atoms with E-state index in [1.165, 1.54) is 49.0 Å². The molecule has 0 aromatic carbocycles. The van der Waals surface area contributed by atoms with Crippen LogP contribution in [-0.2, 0) is 65.6 Å². The summed E-state index contributed by atoms with van der Waals surface area (Å²) in [4.78, 5) is 51.9. The Bertz CT molecular complexity index is 5140. The third kappa shape index (κ3) is 24.8. The van der Waals surface area contributed by atoms with Crippen LogP contribution in [0.25, 0.3) is 44.7 Å². The van der Waals surface area contributed by atoms with E-state index >= 15 is 0 Å². The molecule has 9 aliphatic rings. The second-order valence-corrected chi connectivity index (χ2v) is 65.1. The minimum absolute atomic E-state index is 0.0838. The molecular weight excluding hydrogens is 1960 g/mol. The lowest BCUT2D eigenvalue weighted by Crippen LogP contribution is -2.47. The molecule has 40 nitrogen and oxygen atoms in total. The number of aliphatic hydroxyl groups is 8. The summed E-state index contributed by atoms with van der Waals surface area (Å²) in [5, 5.41) is 90.8. The number of nitrogens with two attached hydrogens (primary N) is 1. The molecule has 135 heavy (non-hydrogen) atoms. The van der Waals surface area contributed by atoms with Crippen molar-refractivity contribution < 1.29 is 94.3 Å². The molecule has 0 amide bonds. The van der Waals surface area contributed by atoms with Gasteiger partial charge in [0, 0.05) is 27.4 Å². The highest BCUT2D eigenvalue weighted by Crippen LogP contribution is 2.48. The van der Waals surface area contributed by atoms with Gasteiger partial charge in [0.2, 0.25) is 9.23 Å². The number of halogens is 5. The molecule has 25 atom stereocenters. The molecule has 9 unspecified atom stereocenters. The topological polar surface area (TPSA) is 525 Å². The standard InChI is InChI=1S/C21H32ClN5O5SSi.C21H34ClN5O4Si.C21H35N5O5Si.C11H25NOSi.C10H11ClN4O4.Cl2OS/c1-21(2,3)34(4,5)32-13-8-6-7-12(13)26-18-15-19(24-10-23-18)27(11-25-15)20-17-16(14(9-22)29-20)30-33(28)31-17;1-21(2,3)32(4,5)31-13-8-6-7-12(13)26-18-15-19(24-10-23-18)27(11-25-15)20-17(29)16(28)14(9-22)30-20;1-21(2,3)32(4,5)31-13-8-6-7-12(13)25-18-15-19(23-10-22-18)26(11-24-15)20-17(29)16(28)14(9-27)30-20;1-11(2,3)14(4,5)13-10-8-6-7-9(10)12;11-8-5-9(13-2-12-8)15(3-14-5)10-7(18)6(17)4(1-16)19-10;1-4(2)3/h10-14,16-17,20H,6-9H2,1-5H3,(H,23,24,26);10-14,16-17,20,28-29H,6-9H2,1-5H3,(H,23,24,26);10-14,16-17,20,27-29H,6-9H2,1-5H3,(H,22,23,25);9-10H,6-8,12H2,1-5H3;2-4,6-7,10,16-18H,1H2;/t12?,13?,14-,16-,17-,20-,33?;2*12?,13?,14-,16-,17-,20-;;4-,6-,7-,10-;/m111.1./s1. The second kappa shape index (κ2) is 44.8. The molecule has 756 valence electrons. The van der Waals surface area contributed by atoms with Gasteiger partial charge in [-0.3, -0.25) is 26.6 Å². The number of imidazole rings is 4. The first-order chi connectivity index (χ1) is 63.2. The molecule has 4 saturated carbocycles. The van der Waals surface area contributed by atoms with Crippen molar-refractivity contribution in [2.24, 2.45) is 5.73 Å². The smallest absolute Gasteiger partial charge is 0.305 e. The molecule has 5 aliphatic heterocycles. The lowest BCUT2D eigenvalue weighted by molar-refractivity contribution is -0.0511. The summed E-state index contributed by atoms with van der Waals surface area (Å²) in [6.45, 7) is 44.6. The normalized spacial score (nSPS) is 31.2. The molecule has 4 aliphatic carbocycles. The van der Waals surface area contributed by atoms with Crippen molar-refractivity contribution in [2.75, 3.05) is 40.9 Å². The first kappa shape index (κ1) is 109. The van der Waals surface area contributed by atoms with E-state index in [4.69, 9.17) is 94.9 Å². The fourth-order valence-electron chi connectivity index (χ4n) is 16.8. The summed E-state index contributed by atoms with van der Waals surface area (Å²) in [6.07, 6.45) is 11.4. The fourth-order valence-corrected chi connectivity index (χ4v) is 23.9. The van der Waals surface area contributed by atoms with Crippen molar-refractivity contribution >= 4 is 172 Å². The molecule has 17 rings (SSSR count). The summed E-state index contributed by atoms with van der Waals surface area (Å²) < 4.78 is 87.5. The maximum Gasteiger partial charge on any atom is 0.305 e. The number of rotatable bonds is 22. The van der Waals surface area contributed by atoms with Crippen molar-refractivity contribution in [3.05, 3.63) is 55.8 Å². The molecule has 0 radical (unpaired) electrons. The van der Waals surface area contributed by atoms with Gasteiger partial charge in [0.1, 0.15) is 98.0 Å². The second-order valence-electron chi connectivity index (χ2n) is 41.8. The van der Waals surface area contributed by atoms with E-state index in [1.54, 1.807) is 26.4 Å². The van der Waals surface area contributed by atoms with Gasteiger partial charge in [0.05, 0.1) is 92.8 Å². The zero-order chi connectivity index (χ0) is 98.9. The van der Waals surface area contributed by atoms with E-state index in [-0.39, 0.29) is 81.1 Å². The van der Waals surface area contributed by atoms with Crippen LogP contribution in [-0.4, -0.2) is 307 Å². The van der Waals surface area contributed by atoms with Crippen LogP contribution in [0.2, 0.25) is 77.7 Å². The number of ether oxygens (including phenoxy) is 4. The van der Waals surface area contributed by atoms with Crippen molar-refractivity contribution in [3.63, 3.8) is 0 Å². The number of aromatic nitrogens is 16. The van der Waals surface area contributed by atoms with E-state index in [2.05, 4.69) is 233 Å². The van der Waals surface area contributed by atoms with Gasteiger partial charge in [-0.25, -0.2) is 64.0 Å². The lowest BCUT2D eigenvalue weighted by Gasteiger charge is -2.40. The zero-order valence-electron chi connectivity index (χ0n) is 80.2. The summed E-state index contributed by atoms with van der Waals surface area (Å²) >= 11 is 16.0. The number of alkyl halides is 2. The third-order valence-electron chi connectivity index (χ3n) is 28.7. The molecule has 0 bridgehead atoms. The van der Waals surface area contributed by atoms with E-state index < -0.39 is 159 Å². The molecule has 8 aromatic heterocycles.